The molecule has 0 radical (unpaired) electrons. The van der Waals surface area contributed by atoms with Gasteiger partial charge in [0, 0.05) is 16.0 Å². The van der Waals surface area contributed by atoms with Crippen LogP contribution >= 0.6 is 23.1 Å². The molecule has 7 nitrogen and oxygen atoms in total. The molecule has 0 aliphatic rings. The Labute approximate surface area is 195 Å². The highest BCUT2D eigenvalue weighted by Crippen LogP contribution is 2.26. The van der Waals surface area contributed by atoms with Crippen molar-refractivity contribution in [1.82, 2.24) is 15.8 Å². The Hall–Kier alpha value is -3.04. The second kappa shape index (κ2) is 11.5. The van der Waals surface area contributed by atoms with E-state index in [0.29, 0.717) is 23.7 Å². The van der Waals surface area contributed by atoms with E-state index in [0.717, 1.165) is 21.3 Å². The Bertz CT molecular complexity index is 1050. The molecule has 0 bridgehead atoms. The second-order valence-electron chi connectivity index (χ2n) is 6.75. The van der Waals surface area contributed by atoms with Gasteiger partial charge < -0.3 is 9.47 Å². The molecule has 0 spiro atoms. The lowest BCUT2D eigenvalue weighted by Crippen LogP contribution is -2.47. The first-order chi connectivity index (χ1) is 15.5. The number of carbonyl (C=O) groups excluding carboxylic acids is 2. The van der Waals surface area contributed by atoms with Crippen molar-refractivity contribution in [2.45, 2.75) is 37.5 Å². The molecule has 1 aromatic heterocycles. The molecule has 0 saturated heterocycles. The van der Waals surface area contributed by atoms with Crippen LogP contribution < -0.4 is 20.3 Å². The zero-order valence-corrected chi connectivity index (χ0v) is 19.7. The van der Waals surface area contributed by atoms with E-state index >= 15 is 0 Å². The zero-order valence-electron chi connectivity index (χ0n) is 18.1. The van der Waals surface area contributed by atoms with Gasteiger partial charge >= 0.3 is 0 Å². The summed E-state index contributed by atoms with van der Waals surface area (Å²) in [7, 11) is 0. The smallest absolute Gasteiger partial charge is 0.279 e. The standard InChI is InChI=1S/C23H25N3O4S2/c1-4-29-18-9-11-19(12-10-18)30-15(2)22(27)25-26-23(28)20-7-5-6-8-21(20)32-14-17-13-31-16(3)24-17/h5-13,15H,4,14H2,1-3H3,(H,25,27)(H,26,28). The average Bonchev–Trinajstić information content (AvgIpc) is 3.22. The first-order valence-electron chi connectivity index (χ1n) is 10.1. The van der Waals surface area contributed by atoms with Crippen molar-refractivity contribution in [1.29, 1.82) is 0 Å². The van der Waals surface area contributed by atoms with Crippen LogP contribution in [0.25, 0.3) is 0 Å². The minimum atomic E-state index is -0.800. The van der Waals surface area contributed by atoms with E-state index in [9.17, 15) is 9.59 Å². The number of aryl methyl sites for hydroxylation is 1. The molecular formula is C23H25N3O4S2. The first kappa shape index (κ1) is 23.6. The fourth-order valence-electron chi connectivity index (χ4n) is 2.73. The molecule has 3 rings (SSSR count). The first-order valence-corrected chi connectivity index (χ1v) is 12.0. The number of hydrogen-bond donors (Lipinski definition) is 2. The number of hydrazine groups is 1. The number of benzene rings is 2. The molecule has 0 aliphatic carbocycles. The number of carbonyl (C=O) groups is 2. The van der Waals surface area contributed by atoms with Crippen molar-refractivity contribution in [3.05, 3.63) is 70.2 Å². The van der Waals surface area contributed by atoms with Crippen molar-refractivity contribution >= 4 is 34.9 Å². The van der Waals surface area contributed by atoms with Gasteiger partial charge in [-0.2, -0.15) is 0 Å². The van der Waals surface area contributed by atoms with Gasteiger partial charge in [-0.15, -0.1) is 23.1 Å². The van der Waals surface area contributed by atoms with Gasteiger partial charge in [0.05, 0.1) is 22.9 Å². The van der Waals surface area contributed by atoms with Crippen LogP contribution in [0.2, 0.25) is 0 Å². The van der Waals surface area contributed by atoms with E-state index in [-0.39, 0.29) is 0 Å². The maximum absolute atomic E-state index is 12.7. The number of thiazole rings is 1. The van der Waals surface area contributed by atoms with Gasteiger partial charge in [-0.3, -0.25) is 20.4 Å². The normalized spacial score (nSPS) is 11.5. The quantitative estimate of drug-likeness (QED) is 0.356. The third-order valence-corrected chi connectivity index (χ3v) is 6.22. The van der Waals surface area contributed by atoms with E-state index in [4.69, 9.17) is 9.47 Å². The summed E-state index contributed by atoms with van der Waals surface area (Å²) in [4.78, 5) is 30.3. The van der Waals surface area contributed by atoms with Crippen molar-refractivity contribution in [3.63, 3.8) is 0 Å². The summed E-state index contributed by atoms with van der Waals surface area (Å²) >= 11 is 3.12. The second-order valence-corrected chi connectivity index (χ2v) is 8.83. The van der Waals surface area contributed by atoms with E-state index in [2.05, 4.69) is 15.8 Å². The summed E-state index contributed by atoms with van der Waals surface area (Å²) < 4.78 is 11.0. The Morgan fingerprint density at radius 2 is 1.81 bits per heavy atom. The van der Waals surface area contributed by atoms with Gasteiger partial charge in [0.15, 0.2) is 6.10 Å². The van der Waals surface area contributed by atoms with E-state index in [1.54, 1.807) is 54.7 Å². The third kappa shape index (κ3) is 6.73. The molecule has 2 amide bonds. The van der Waals surface area contributed by atoms with E-state index < -0.39 is 17.9 Å². The Kier molecular flexibility index (Phi) is 8.52. The maximum Gasteiger partial charge on any atom is 0.279 e. The molecule has 2 aromatic carbocycles. The van der Waals surface area contributed by atoms with Crippen LogP contribution in [0.3, 0.4) is 0 Å². The van der Waals surface area contributed by atoms with Gasteiger partial charge in [-0.05, 0) is 57.2 Å². The topological polar surface area (TPSA) is 89.5 Å². The van der Waals surface area contributed by atoms with Crippen LogP contribution in [-0.2, 0) is 10.5 Å². The number of amides is 2. The van der Waals surface area contributed by atoms with Crippen LogP contribution in [0.4, 0.5) is 0 Å². The Morgan fingerprint density at radius 3 is 2.50 bits per heavy atom. The molecule has 1 heterocycles. The maximum atomic E-state index is 12.7. The van der Waals surface area contributed by atoms with Crippen molar-refractivity contribution in [3.8, 4) is 11.5 Å². The minimum Gasteiger partial charge on any atom is -0.494 e. The van der Waals surface area contributed by atoms with E-state index in [1.807, 2.05) is 31.4 Å². The van der Waals surface area contributed by atoms with Gasteiger partial charge in [-0.1, -0.05) is 12.1 Å². The predicted octanol–water partition coefficient (Wildman–Crippen LogP) is 4.37. The number of thioether (sulfide) groups is 1. The highest BCUT2D eigenvalue weighted by atomic mass is 32.2. The van der Waals surface area contributed by atoms with Crippen LogP contribution in [0, 0.1) is 6.92 Å². The Balaban J connectivity index is 1.52. The van der Waals surface area contributed by atoms with Gasteiger partial charge in [0.25, 0.3) is 11.8 Å². The third-order valence-electron chi connectivity index (χ3n) is 4.29. The fourth-order valence-corrected chi connectivity index (χ4v) is 4.39. The highest BCUT2D eigenvalue weighted by molar-refractivity contribution is 7.98. The largest absolute Gasteiger partial charge is 0.494 e. The van der Waals surface area contributed by atoms with Gasteiger partial charge in [0.1, 0.15) is 11.5 Å². The van der Waals surface area contributed by atoms with E-state index in [1.165, 1.54) is 11.8 Å². The summed E-state index contributed by atoms with van der Waals surface area (Å²) in [5, 5.41) is 3.02. The number of hydrogen-bond acceptors (Lipinski definition) is 7. The summed E-state index contributed by atoms with van der Waals surface area (Å²) in [5.74, 6) is 1.06. The van der Waals surface area contributed by atoms with Crippen LogP contribution in [0.15, 0.2) is 58.8 Å². The molecule has 168 valence electrons. The minimum absolute atomic E-state index is 0.399. The van der Waals surface area contributed by atoms with Crippen molar-refractivity contribution < 1.29 is 19.1 Å². The average molecular weight is 472 g/mol. The predicted molar refractivity (Wildman–Crippen MR) is 126 cm³/mol. The lowest BCUT2D eigenvalue weighted by atomic mass is 10.2. The number of nitrogens with one attached hydrogen (secondary N) is 2. The Morgan fingerprint density at radius 1 is 1.09 bits per heavy atom. The molecule has 0 aliphatic heterocycles. The highest BCUT2D eigenvalue weighted by Gasteiger charge is 2.17. The van der Waals surface area contributed by atoms with Crippen LogP contribution in [0.5, 0.6) is 11.5 Å². The monoisotopic (exact) mass is 471 g/mol. The summed E-state index contributed by atoms with van der Waals surface area (Å²) in [5.41, 5.74) is 6.35. The van der Waals surface area contributed by atoms with Crippen molar-refractivity contribution in [2.75, 3.05) is 6.61 Å². The summed E-state index contributed by atoms with van der Waals surface area (Å²) in [6, 6.07) is 14.2. The van der Waals surface area contributed by atoms with Crippen molar-refractivity contribution in [2.24, 2.45) is 0 Å². The van der Waals surface area contributed by atoms with Crippen LogP contribution in [0.1, 0.15) is 34.9 Å². The molecule has 1 unspecified atom stereocenters. The molecule has 32 heavy (non-hydrogen) atoms. The molecule has 0 fully saturated rings. The number of aromatic nitrogens is 1. The fraction of sp³-hybridized carbons (Fsp3) is 0.261. The zero-order chi connectivity index (χ0) is 22.9. The number of nitrogens with zero attached hydrogens (tertiary/aromatic N) is 1. The summed E-state index contributed by atoms with van der Waals surface area (Å²) in [6.07, 6.45) is -0.800. The lowest BCUT2D eigenvalue weighted by molar-refractivity contribution is -0.128. The molecule has 9 heteroatoms. The molecule has 2 N–H and O–H groups in total. The number of ether oxygens (including phenoxy) is 2. The molecule has 3 aromatic rings. The molecular weight excluding hydrogens is 446 g/mol. The number of rotatable bonds is 9. The molecule has 0 saturated carbocycles. The lowest BCUT2D eigenvalue weighted by Gasteiger charge is -2.16. The van der Waals surface area contributed by atoms with Gasteiger partial charge in [0.2, 0.25) is 0 Å². The summed E-state index contributed by atoms with van der Waals surface area (Å²) in [6.45, 7) is 6.05. The molecule has 1 atom stereocenters. The SMILES string of the molecule is CCOc1ccc(OC(C)C(=O)NNC(=O)c2ccccc2SCc2csc(C)n2)cc1. The van der Waals surface area contributed by atoms with Crippen LogP contribution in [-0.4, -0.2) is 29.5 Å². The van der Waals surface area contributed by atoms with Gasteiger partial charge in [-0.25, -0.2) is 4.98 Å².